The third-order valence-corrected chi connectivity index (χ3v) is 20.7. The molecule has 0 aromatic rings. The van der Waals surface area contributed by atoms with Crippen molar-refractivity contribution in [3.8, 4) is 0 Å². The molecule has 0 spiro atoms. The zero-order valence-corrected chi connectivity index (χ0v) is 47.6. The molecule has 0 aromatic heterocycles. The van der Waals surface area contributed by atoms with E-state index in [9.17, 15) is 36.7 Å². The van der Waals surface area contributed by atoms with E-state index in [1.54, 1.807) is 19.1 Å². The SMILES string of the molecule is C=CC(O)C(=C)/C=C/[C@@](C)(O)[C@H]1O[C@@H]2C[C@@H]3O[C@@H]4C[C@@H]5O[C@@H]6C[C@@H]7O[C@@H]8C[C@@H]9O[C@@H]%10C[C@@H]%11O[C@](C)(CCOS(=O)(=O)O)[C@@H](OS(=O)(=O)O)C[C@H]%11O[C@H]%10C[C@H]9O[C@H]8CC[C@@]7(C)O[C@@]6(C)CC[C@H](C)[C@H]5O[C@H]4[C@@H](O)[C@]3(C)O[C@H]2CC1=C. The van der Waals surface area contributed by atoms with Gasteiger partial charge < -0.3 is 67.4 Å². The van der Waals surface area contributed by atoms with Crippen LogP contribution in [0.5, 0.6) is 0 Å². The number of hydrogen-bond donors (Lipinski definition) is 5. The Labute approximate surface area is 463 Å². The lowest BCUT2D eigenvalue weighted by Crippen LogP contribution is -2.74. The molecule has 0 bridgehead atoms. The molecule has 11 rings (SSSR count). The number of aliphatic hydroxyl groups excluding tert-OH is 2. The van der Waals surface area contributed by atoms with Gasteiger partial charge in [0.2, 0.25) is 0 Å². The Morgan fingerprint density at radius 2 is 1.27 bits per heavy atom. The topological polar surface area (TPSA) is 289 Å². The average Bonchev–Trinajstić information content (AvgIpc) is 3.52. The van der Waals surface area contributed by atoms with Crippen molar-refractivity contribution in [3.63, 3.8) is 0 Å². The lowest BCUT2D eigenvalue weighted by Gasteiger charge is -2.61. The molecule has 11 saturated heterocycles. The average molecular weight is 1160 g/mol. The van der Waals surface area contributed by atoms with Crippen LogP contribution in [0, 0.1) is 5.92 Å². The van der Waals surface area contributed by atoms with Crippen LogP contribution in [0.4, 0.5) is 0 Å². The molecule has 0 saturated carbocycles. The molecule has 11 heterocycles. The first-order valence-corrected chi connectivity index (χ1v) is 31.0. The third kappa shape index (κ3) is 11.5. The molecule has 79 heavy (non-hydrogen) atoms. The second kappa shape index (κ2) is 21.3. The van der Waals surface area contributed by atoms with Crippen LogP contribution in [-0.4, -0.2) is 204 Å². The van der Waals surface area contributed by atoms with Gasteiger partial charge in [-0.15, -0.1) is 6.58 Å². The third-order valence-electron chi connectivity index (χ3n) is 19.8. The highest BCUT2D eigenvalue weighted by Crippen LogP contribution is 2.54. The van der Waals surface area contributed by atoms with Gasteiger partial charge in [0.25, 0.3) is 0 Å². The molecule has 24 heteroatoms. The number of ether oxygens (including phenoxy) is 11. The summed E-state index contributed by atoms with van der Waals surface area (Å²) in [7, 11) is -9.75. The van der Waals surface area contributed by atoms with E-state index >= 15 is 0 Å². The number of aliphatic hydroxyl groups is 3. The van der Waals surface area contributed by atoms with Crippen LogP contribution in [0.3, 0.4) is 0 Å². The Morgan fingerprint density at radius 1 is 0.709 bits per heavy atom. The minimum Gasteiger partial charge on any atom is -0.387 e. The Morgan fingerprint density at radius 3 is 1.91 bits per heavy atom. The molecule has 0 aromatic carbocycles. The fourth-order valence-corrected chi connectivity index (χ4v) is 16.1. The molecular formula is C55H82O22S2. The van der Waals surface area contributed by atoms with Gasteiger partial charge in [-0.2, -0.15) is 16.8 Å². The fraction of sp³-hybridized carbons (Fsp3) is 0.855. The van der Waals surface area contributed by atoms with E-state index in [4.69, 9.17) is 60.8 Å². The van der Waals surface area contributed by atoms with Crippen LogP contribution in [0.25, 0.3) is 0 Å². The first-order chi connectivity index (χ1) is 36.9. The van der Waals surface area contributed by atoms with Gasteiger partial charge in [-0.05, 0) is 83.8 Å². The highest BCUT2D eigenvalue weighted by molar-refractivity contribution is 7.81. The van der Waals surface area contributed by atoms with Gasteiger partial charge in [-0.25, -0.2) is 8.37 Å². The lowest BCUT2D eigenvalue weighted by molar-refractivity contribution is -0.369. The molecule has 0 aliphatic carbocycles. The maximum Gasteiger partial charge on any atom is 0.397 e. The molecule has 5 N–H and O–H groups in total. The van der Waals surface area contributed by atoms with Crippen LogP contribution < -0.4 is 0 Å². The fourth-order valence-electron chi connectivity index (χ4n) is 15.3. The van der Waals surface area contributed by atoms with Gasteiger partial charge in [0, 0.05) is 51.4 Å². The molecule has 446 valence electrons. The lowest BCUT2D eigenvalue weighted by atomic mass is 9.73. The predicted octanol–water partition coefficient (Wildman–Crippen LogP) is 4.03. The minimum absolute atomic E-state index is 0.00274. The second-order valence-corrected chi connectivity index (χ2v) is 27.8. The summed E-state index contributed by atoms with van der Waals surface area (Å²) in [6, 6.07) is 0. The number of rotatable bonds is 11. The van der Waals surface area contributed by atoms with Gasteiger partial charge in [-0.3, -0.25) is 9.11 Å². The molecule has 22 nitrogen and oxygen atoms in total. The second-order valence-electron chi connectivity index (χ2n) is 25.6. The van der Waals surface area contributed by atoms with E-state index < -0.39 is 141 Å². The van der Waals surface area contributed by atoms with Crippen molar-refractivity contribution < 1.29 is 102 Å². The first kappa shape index (κ1) is 58.9. The van der Waals surface area contributed by atoms with Crippen molar-refractivity contribution >= 4 is 20.8 Å². The molecule has 11 aliphatic rings. The van der Waals surface area contributed by atoms with Gasteiger partial charge in [0.05, 0.1) is 127 Å². The van der Waals surface area contributed by atoms with Crippen molar-refractivity contribution in [3.05, 3.63) is 49.1 Å². The zero-order chi connectivity index (χ0) is 56.6. The first-order valence-electron chi connectivity index (χ1n) is 28.3. The molecule has 0 radical (unpaired) electrons. The van der Waals surface area contributed by atoms with Crippen molar-refractivity contribution in [2.75, 3.05) is 6.61 Å². The van der Waals surface area contributed by atoms with Gasteiger partial charge in [0.1, 0.15) is 35.6 Å². The van der Waals surface area contributed by atoms with E-state index in [0.29, 0.717) is 75.4 Å². The summed E-state index contributed by atoms with van der Waals surface area (Å²) in [6.45, 7) is 22.7. The zero-order valence-electron chi connectivity index (χ0n) is 45.9. The van der Waals surface area contributed by atoms with E-state index in [2.05, 4.69) is 44.7 Å². The van der Waals surface area contributed by atoms with Crippen molar-refractivity contribution in [2.45, 2.75) is 281 Å². The van der Waals surface area contributed by atoms with Crippen LogP contribution >= 0.6 is 0 Å². The number of fused-ring (bicyclic) bond motifs is 10. The summed E-state index contributed by atoms with van der Waals surface area (Å²) in [5, 5.41) is 34.1. The van der Waals surface area contributed by atoms with Crippen molar-refractivity contribution in [2.24, 2.45) is 5.92 Å². The summed E-state index contributed by atoms with van der Waals surface area (Å²) in [5.41, 5.74) is -4.40. The standard InChI is InChI=1S/C55H82O22S2/c1-10-30(56)27(2)11-14-51(5,58)50-29(4)19-39-38(72-50)25-46-55(9,75-39)49(57)48-42(71-46)23-41-47(73-48)28(3)12-15-53(7)44(70-41)26-43-54(8,77-53)16-13-31-32(69-43)20-34-33(66-31)21-35-36(67-34)22-40-37(68-35)24-45(76-79(62,63)64)52(6,74-40)17-18-65-78(59,60)61/h10-11,14,28,30-50,56-58H,1-2,4,12-13,15-26H2,3,5-9H3,(H,59,60,61)(H,62,63,64)/b14-11+/t28-,30?,31-,32+,33+,34-,35-,36+,37+,38+,39-,40-,41-,42+,43-,44+,45-,46-,47+,48+,49+,50-,51+,52+,53-,54+,55+/m0/s1. The normalized spacial score (nSPS) is 50.9. The molecule has 11 aliphatic heterocycles. The van der Waals surface area contributed by atoms with Gasteiger partial charge >= 0.3 is 20.8 Å². The highest BCUT2D eigenvalue weighted by atomic mass is 32.3. The molecule has 11 fully saturated rings. The number of hydrogen-bond acceptors (Lipinski definition) is 20. The van der Waals surface area contributed by atoms with Crippen molar-refractivity contribution in [1.29, 1.82) is 0 Å². The summed E-state index contributed by atoms with van der Waals surface area (Å²) in [4.78, 5) is 0. The van der Waals surface area contributed by atoms with Gasteiger partial charge in [0.15, 0.2) is 0 Å². The molecule has 1 unspecified atom stereocenters. The van der Waals surface area contributed by atoms with Crippen molar-refractivity contribution in [1.82, 2.24) is 0 Å². The Hall–Kier alpha value is -1.86. The maximum absolute atomic E-state index is 12.3. The molecule has 27 atom stereocenters. The monoisotopic (exact) mass is 1160 g/mol. The highest BCUT2D eigenvalue weighted by Gasteiger charge is 2.65. The quantitative estimate of drug-likeness (QED) is 0.111. The van der Waals surface area contributed by atoms with Gasteiger partial charge in [-0.1, -0.05) is 38.3 Å². The van der Waals surface area contributed by atoms with E-state index in [-0.39, 0.29) is 61.5 Å². The van der Waals surface area contributed by atoms with Crippen LogP contribution in [0.15, 0.2) is 49.1 Å². The largest absolute Gasteiger partial charge is 0.397 e. The molecule has 0 amide bonds. The smallest absolute Gasteiger partial charge is 0.387 e. The van der Waals surface area contributed by atoms with Crippen LogP contribution in [0.2, 0.25) is 0 Å². The summed E-state index contributed by atoms with van der Waals surface area (Å²) >= 11 is 0. The van der Waals surface area contributed by atoms with E-state index in [0.717, 1.165) is 6.42 Å². The minimum atomic E-state index is -4.95. The van der Waals surface area contributed by atoms with Crippen LogP contribution in [-0.2, 0) is 81.3 Å². The predicted molar refractivity (Wildman–Crippen MR) is 277 cm³/mol. The van der Waals surface area contributed by atoms with Crippen LogP contribution in [0.1, 0.15) is 125 Å². The Bertz CT molecular complexity index is 2580. The molecular weight excluding hydrogens is 1080 g/mol. The summed E-state index contributed by atoms with van der Waals surface area (Å²) in [6.07, 6.45) is -1.23. The summed E-state index contributed by atoms with van der Waals surface area (Å²) < 4.78 is 151. The Kier molecular flexibility index (Phi) is 15.9. The Balaban J connectivity index is 0.748. The maximum atomic E-state index is 12.3. The van der Waals surface area contributed by atoms with E-state index in [1.807, 2.05) is 6.92 Å². The summed E-state index contributed by atoms with van der Waals surface area (Å²) in [5.74, 6) is 0.0510. The van der Waals surface area contributed by atoms with E-state index in [1.165, 1.54) is 13.0 Å².